The lowest BCUT2D eigenvalue weighted by molar-refractivity contribution is 0.327. The van der Waals surface area contributed by atoms with Crippen molar-refractivity contribution < 1.29 is 4.42 Å². The summed E-state index contributed by atoms with van der Waals surface area (Å²) in [4.78, 5) is 4.29. The van der Waals surface area contributed by atoms with Crippen LogP contribution in [0.1, 0.15) is 50.7 Å². The van der Waals surface area contributed by atoms with E-state index in [4.69, 9.17) is 4.42 Å². The van der Waals surface area contributed by atoms with E-state index < -0.39 is 0 Å². The number of hydrogen-bond donors (Lipinski definition) is 1. The van der Waals surface area contributed by atoms with E-state index in [0.29, 0.717) is 0 Å². The summed E-state index contributed by atoms with van der Waals surface area (Å²) in [5, 5.41) is 3.23. The van der Waals surface area contributed by atoms with Gasteiger partial charge in [0.05, 0.1) is 12.7 Å². The van der Waals surface area contributed by atoms with Crippen molar-refractivity contribution in [2.75, 3.05) is 6.54 Å². The van der Waals surface area contributed by atoms with Crippen LogP contribution in [0.5, 0.6) is 0 Å². The van der Waals surface area contributed by atoms with Gasteiger partial charge in [-0.3, -0.25) is 0 Å². The number of oxazole rings is 1. The number of hydrogen-bond acceptors (Lipinski definition) is 3. The van der Waals surface area contributed by atoms with Crippen molar-refractivity contribution in [2.24, 2.45) is 5.92 Å². The van der Waals surface area contributed by atoms with Crippen molar-refractivity contribution in [3.63, 3.8) is 0 Å². The van der Waals surface area contributed by atoms with Crippen molar-refractivity contribution in [1.82, 2.24) is 10.3 Å². The molecule has 0 radical (unpaired) electrons. The molecule has 3 nitrogen and oxygen atoms in total. The molecular formula is C13H22N2O. The average Bonchev–Trinajstić information content (AvgIpc) is 2.75. The minimum atomic E-state index is 0.751. The summed E-state index contributed by atoms with van der Waals surface area (Å²) in [6, 6.07) is 0. The van der Waals surface area contributed by atoms with E-state index in [9.17, 15) is 0 Å². The third-order valence-corrected chi connectivity index (χ3v) is 3.34. The molecule has 0 aromatic carbocycles. The summed E-state index contributed by atoms with van der Waals surface area (Å²) in [5.41, 5.74) is 0. The molecule has 0 aliphatic heterocycles. The van der Waals surface area contributed by atoms with Gasteiger partial charge in [-0.25, -0.2) is 4.98 Å². The number of rotatable bonds is 5. The third kappa shape index (κ3) is 3.34. The first-order valence-corrected chi connectivity index (χ1v) is 6.52. The Morgan fingerprint density at radius 1 is 1.38 bits per heavy atom. The Balaban J connectivity index is 1.81. The summed E-state index contributed by atoms with van der Waals surface area (Å²) in [6.07, 6.45) is 9.91. The summed E-state index contributed by atoms with van der Waals surface area (Å²) in [7, 11) is 0. The first-order chi connectivity index (χ1) is 7.88. The van der Waals surface area contributed by atoms with Crippen LogP contribution in [0.25, 0.3) is 0 Å². The molecule has 0 amide bonds. The van der Waals surface area contributed by atoms with Gasteiger partial charge in [-0.2, -0.15) is 0 Å². The zero-order chi connectivity index (χ0) is 11.2. The van der Waals surface area contributed by atoms with E-state index in [0.717, 1.165) is 37.1 Å². The summed E-state index contributed by atoms with van der Waals surface area (Å²) >= 11 is 0. The van der Waals surface area contributed by atoms with Crippen molar-refractivity contribution in [1.29, 1.82) is 0 Å². The van der Waals surface area contributed by atoms with Crippen molar-refractivity contribution >= 4 is 0 Å². The van der Waals surface area contributed by atoms with E-state index in [1.807, 2.05) is 6.20 Å². The highest BCUT2D eigenvalue weighted by atomic mass is 16.4. The average molecular weight is 222 g/mol. The Hall–Kier alpha value is -0.830. The summed E-state index contributed by atoms with van der Waals surface area (Å²) in [6.45, 7) is 3.80. The Bertz CT molecular complexity index is 303. The third-order valence-electron chi connectivity index (χ3n) is 3.34. The minimum Gasteiger partial charge on any atom is -0.444 e. The molecule has 16 heavy (non-hydrogen) atoms. The van der Waals surface area contributed by atoms with Crippen LogP contribution in [0.15, 0.2) is 10.6 Å². The predicted octanol–water partition coefficient (Wildman–Crippen LogP) is 2.91. The molecule has 1 aliphatic rings. The number of aromatic nitrogens is 1. The highest BCUT2D eigenvalue weighted by Crippen LogP contribution is 2.26. The first-order valence-electron chi connectivity index (χ1n) is 6.52. The van der Waals surface area contributed by atoms with Gasteiger partial charge >= 0.3 is 0 Å². The smallest absolute Gasteiger partial charge is 0.208 e. The van der Waals surface area contributed by atoms with Gasteiger partial charge in [-0.15, -0.1) is 0 Å². The number of nitrogens with zero attached hydrogens (tertiary/aromatic N) is 1. The minimum absolute atomic E-state index is 0.751. The molecule has 1 N–H and O–H groups in total. The second kappa shape index (κ2) is 6.04. The van der Waals surface area contributed by atoms with Crippen LogP contribution in [0.3, 0.4) is 0 Å². The van der Waals surface area contributed by atoms with E-state index in [1.165, 1.54) is 32.1 Å². The molecule has 0 bridgehead atoms. The quantitative estimate of drug-likeness (QED) is 0.832. The van der Waals surface area contributed by atoms with Gasteiger partial charge in [0.25, 0.3) is 0 Å². The fraction of sp³-hybridized carbons (Fsp3) is 0.769. The molecule has 1 aromatic rings. The Kier molecular flexibility index (Phi) is 4.40. The van der Waals surface area contributed by atoms with Gasteiger partial charge in [0.15, 0.2) is 0 Å². The summed E-state index contributed by atoms with van der Waals surface area (Å²) in [5.74, 6) is 2.72. The highest BCUT2D eigenvalue weighted by Gasteiger charge is 2.16. The monoisotopic (exact) mass is 222 g/mol. The Labute approximate surface area is 97.6 Å². The fourth-order valence-electron chi connectivity index (χ4n) is 2.43. The molecule has 0 unspecified atom stereocenters. The fourth-order valence-corrected chi connectivity index (χ4v) is 2.43. The van der Waals surface area contributed by atoms with Crippen LogP contribution < -0.4 is 5.32 Å². The molecule has 0 spiro atoms. The molecule has 90 valence electrons. The second-order valence-electron chi connectivity index (χ2n) is 4.71. The van der Waals surface area contributed by atoms with Gasteiger partial charge < -0.3 is 9.73 Å². The molecule has 0 saturated heterocycles. The lowest BCUT2D eigenvalue weighted by atomic mass is 9.86. The molecule has 3 heteroatoms. The maximum absolute atomic E-state index is 5.71. The molecule has 0 atom stereocenters. The lowest BCUT2D eigenvalue weighted by Crippen LogP contribution is -2.11. The Morgan fingerprint density at radius 3 is 2.94 bits per heavy atom. The largest absolute Gasteiger partial charge is 0.444 e. The van der Waals surface area contributed by atoms with Crippen LogP contribution in [-0.4, -0.2) is 11.5 Å². The van der Waals surface area contributed by atoms with E-state index in [-0.39, 0.29) is 0 Å². The second-order valence-corrected chi connectivity index (χ2v) is 4.71. The van der Waals surface area contributed by atoms with Crippen molar-refractivity contribution in [3.8, 4) is 0 Å². The van der Waals surface area contributed by atoms with Crippen molar-refractivity contribution in [3.05, 3.63) is 17.8 Å². The van der Waals surface area contributed by atoms with Gasteiger partial charge in [0, 0.05) is 6.42 Å². The standard InChI is InChI=1S/C13H22N2O/c1-2-14-10-13-15-9-12(16-13)8-11-6-4-3-5-7-11/h9,11,14H,2-8,10H2,1H3. The molecule has 1 aliphatic carbocycles. The van der Waals surface area contributed by atoms with E-state index >= 15 is 0 Å². The Morgan fingerprint density at radius 2 is 2.19 bits per heavy atom. The molecule has 1 fully saturated rings. The maximum Gasteiger partial charge on any atom is 0.208 e. The van der Waals surface area contributed by atoms with Crippen molar-refractivity contribution in [2.45, 2.75) is 52.0 Å². The zero-order valence-corrected chi connectivity index (χ0v) is 10.2. The molecule has 2 rings (SSSR count). The van der Waals surface area contributed by atoms with Gasteiger partial charge in [-0.1, -0.05) is 39.0 Å². The topological polar surface area (TPSA) is 38.1 Å². The number of nitrogens with one attached hydrogen (secondary N) is 1. The van der Waals surface area contributed by atoms with Crippen LogP contribution in [-0.2, 0) is 13.0 Å². The van der Waals surface area contributed by atoms with Crippen LogP contribution in [0.2, 0.25) is 0 Å². The molecule has 1 aromatic heterocycles. The van der Waals surface area contributed by atoms with Crippen LogP contribution in [0.4, 0.5) is 0 Å². The van der Waals surface area contributed by atoms with E-state index in [2.05, 4.69) is 17.2 Å². The highest BCUT2D eigenvalue weighted by molar-refractivity contribution is 4.96. The lowest BCUT2D eigenvalue weighted by Gasteiger charge is -2.19. The predicted molar refractivity (Wildman–Crippen MR) is 64.2 cm³/mol. The SMILES string of the molecule is CCNCc1ncc(CC2CCCCC2)o1. The van der Waals surface area contributed by atoms with Gasteiger partial charge in [-0.05, 0) is 12.5 Å². The summed E-state index contributed by atoms with van der Waals surface area (Å²) < 4.78 is 5.71. The van der Waals surface area contributed by atoms with Gasteiger partial charge in [0.1, 0.15) is 5.76 Å². The van der Waals surface area contributed by atoms with Crippen LogP contribution >= 0.6 is 0 Å². The molecule has 1 heterocycles. The van der Waals surface area contributed by atoms with Gasteiger partial charge in [0.2, 0.25) is 5.89 Å². The van der Waals surface area contributed by atoms with Crippen LogP contribution in [0, 0.1) is 5.92 Å². The normalized spacial score (nSPS) is 17.8. The first kappa shape index (κ1) is 11.6. The maximum atomic E-state index is 5.71. The van der Waals surface area contributed by atoms with E-state index in [1.54, 1.807) is 0 Å². The molecular weight excluding hydrogens is 200 g/mol. The zero-order valence-electron chi connectivity index (χ0n) is 10.2. The molecule has 1 saturated carbocycles.